The Morgan fingerprint density at radius 3 is 2.59 bits per heavy atom. The average molecular weight is 422 g/mol. The standard InChI is InChI=1S/C22H19N3O2S2/c1-3-25-20(26)19(13-15-9-11-17(27-2)12-10-15)29-22(25)24-21-23-18(14-28-21)16-7-5-4-6-8-16/h4-14H,3H2,1-2H3/b19-13-,24-22+. The molecule has 0 saturated carbocycles. The van der Waals surface area contributed by atoms with E-state index in [9.17, 15) is 4.79 Å². The van der Waals surface area contributed by atoms with E-state index >= 15 is 0 Å². The van der Waals surface area contributed by atoms with Crippen molar-refractivity contribution in [1.82, 2.24) is 9.88 Å². The number of carbonyl (C=O) groups is 1. The van der Waals surface area contributed by atoms with Crippen LogP contribution in [0.4, 0.5) is 5.13 Å². The summed E-state index contributed by atoms with van der Waals surface area (Å²) in [4.78, 5) is 24.4. The van der Waals surface area contributed by atoms with Gasteiger partial charge in [-0.05, 0) is 42.5 Å². The maximum Gasteiger partial charge on any atom is 0.266 e. The van der Waals surface area contributed by atoms with Gasteiger partial charge in [0.1, 0.15) is 5.75 Å². The molecule has 0 N–H and O–H groups in total. The Hall–Kier alpha value is -2.90. The third kappa shape index (κ3) is 4.26. The molecule has 1 aliphatic rings. The molecule has 29 heavy (non-hydrogen) atoms. The topological polar surface area (TPSA) is 54.8 Å². The molecule has 0 aliphatic carbocycles. The van der Waals surface area contributed by atoms with Crippen LogP contribution >= 0.6 is 23.1 Å². The highest BCUT2D eigenvalue weighted by molar-refractivity contribution is 8.18. The number of amidine groups is 1. The van der Waals surface area contributed by atoms with Crippen molar-refractivity contribution in [2.45, 2.75) is 6.92 Å². The largest absolute Gasteiger partial charge is 0.497 e. The van der Waals surface area contributed by atoms with E-state index in [4.69, 9.17) is 4.74 Å². The molecule has 1 aliphatic heterocycles. The van der Waals surface area contributed by atoms with Crippen LogP contribution in [0.25, 0.3) is 17.3 Å². The maximum absolute atomic E-state index is 12.8. The van der Waals surface area contributed by atoms with Crippen LogP contribution in [0.1, 0.15) is 12.5 Å². The number of aliphatic imine (C=N–C) groups is 1. The number of aromatic nitrogens is 1. The summed E-state index contributed by atoms with van der Waals surface area (Å²) >= 11 is 2.85. The Balaban J connectivity index is 1.59. The summed E-state index contributed by atoms with van der Waals surface area (Å²) in [6.07, 6.45) is 1.88. The van der Waals surface area contributed by atoms with Crippen molar-refractivity contribution in [2.75, 3.05) is 13.7 Å². The van der Waals surface area contributed by atoms with E-state index in [1.807, 2.05) is 73.0 Å². The van der Waals surface area contributed by atoms with Gasteiger partial charge in [0.15, 0.2) is 5.17 Å². The number of hydrogen-bond acceptors (Lipinski definition) is 6. The summed E-state index contributed by atoms with van der Waals surface area (Å²) in [6, 6.07) is 17.6. The molecule has 1 saturated heterocycles. The molecule has 2 heterocycles. The smallest absolute Gasteiger partial charge is 0.266 e. The normalized spacial score (nSPS) is 16.8. The number of nitrogens with zero attached hydrogens (tertiary/aromatic N) is 3. The van der Waals surface area contributed by atoms with Gasteiger partial charge in [-0.3, -0.25) is 9.69 Å². The highest BCUT2D eigenvalue weighted by Gasteiger charge is 2.32. The first-order valence-corrected chi connectivity index (χ1v) is 10.8. The minimum Gasteiger partial charge on any atom is -0.497 e. The fourth-order valence-corrected chi connectivity index (χ4v) is 4.66. The Kier molecular flexibility index (Phi) is 5.78. The number of rotatable bonds is 5. The van der Waals surface area contributed by atoms with Crippen molar-refractivity contribution < 1.29 is 9.53 Å². The van der Waals surface area contributed by atoms with Crippen LogP contribution < -0.4 is 4.74 Å². The van der Waals surface area contributed by atoms with E-state index in [1.54, 1.807) is 12.0 Å². The van der Waals surface area contributed by atoms with Gasteiger partial charge >= 0.3 is 0 Å². The van der Waals surface area contributed by atoms with Crippen LogP contribution in [0.2, 0.25) is 0 Å². The fraction of sp³-hybridized carbons (Fsp3) is 0.136. The molecular weight excluding hydrogens is 402 g/mol. The van der Waals surface area contributed by atoms with Crippen LogP contribution in [0.15, 0.2) is 69.9 Å². The molecular formula is C22H19N3O2S2. The minimum atomic E-state index is -0.0353. The lowest BCUT2D eigenvalue weighted by Gasteiger charge is -2.11. The highest BCUT2D eigenvalue weighted by Crippen LogP contribution is 2.35. The third-order valence-corrected chi connectivity index (χ3v) is 6.11. The van der Waals surface area contributed by atoms with Crippen LogP contribution in [0, 0.1) is 0 Å². The summed E-state index contributed by atoms with van der Waals surface area (Å²) in [6.45, 7) is 2.50. The van der Waals surface area contributed by atoms with Crippen molar-refractivity contribution in [3.63, 3.8) is 0 Å². The molecule has 146 valence electrons. The summed E-state index contributed by atoms with van der Waals surface area (Å²) in [5.74, 6) is 0.750. The van der Waals surface area contributed by atoms with Crippen LogP contribution in [-0.4, -0.2) is 34.6 Å². The Morgan fingerprint density at radius 1 is 1.14 bits per heavy atom. The molecule has 4 rings (SSSR count). The highest BCUT2D eigenvalue weighted by atomic mass is 32.2. The van der Waals surface area contributed by atoms with Gasteiger partial charge in [0.05, 0.1) is 17.7 Å². The number of methoxy groups -OCH3 is 1. The second kappa shape index (κ2) is 8.63. The second-order valence-electron chi connectivity index (χ2n) is 6.21. The molecule has 0 spiro atoms. The number of amides is 1. The van der Waals surface area contributed by atoms with Crippen LogP contribution in [-0.2, 0) is 4.79 Å². The summed E-state index contributed by atoms with van der Waals surface area (Å²) in [5, 5.41) is 3.29. The quantitative estimate of drug-likeness (QED) is 0.515. The molecule has 1 aromatic heterocycles. The van der Waals surface area contributed by atoms with Gasteiger partial charge in [-0.2, -0.15) is 4.99 Å². The lowest BCUT2D eigenvalue weighted by Crippen LogP contribution is -2.28. The van der Waals surface area contributed by atoms with Gasteiger partial charge in [0.25, 0.3) is 5.91 Å². The monoisotopic (exact) mass is 421 g/mol. The predicted molar refractivity (Wildman–Crippen MR) is 121 cm³/mol. The first-order chi connectivity index (χ1) is 14.2. The zero-order valence-corrected chi connectivity index (χ0v) is 17.7. The molecule has 0 radical (unpaired) electrons. The average Bonchev–Trinajstić information content (AvgIpc) is 3.34. The van der Waals surface area contributed by atoms with E-state index in [0.29, 0.717) is 21.7 Å². The molecule has 1 fully saturated rings. The Bertz CT molecular complexity index is 1070. The summed E-state index contributed by atoms with van der Waals surface area (Å²) in [5.41, 5.74) is 2.89. The Labute approximate surface area is 177 Å². The van der Waals surface area contributed by atoms with E-state index in [0.717, 1.165) is 22.6 Å². The lowest BCUT2D eigenvalue weighted by atomic mass is 10.2. The van der Waals surface area contributed by atoms with Gasteiger partial charge in [-0.15, -0.1) is 11.3 Å². The van der Waals surface area contributed by atoms with Gasteiger partial charge in [-0.25, -0.2) is 4.98 Å². The number of likely N-dealkylation sites (N-methyl/N-ethyl adjacent to an activating group) is 1. The number of thioether (sulfide) groups is 1. The number of carbonyl (C=O) groups excluding carboxylic acids is 1. The van der Waals surface area contributed by atoms with Crippen LogP contribution in [0.5, 0.6) is 5.75 Å². The van der Waals surface area contributed by atoms with Crippen molar-refractivity contribution in [3.8, 4) is 17.0 Å². The maximum atomic E-state index is 12.8. The SMILES string of the molecule is CCN1C(=O)/C(=C/c2ccc(OC)cc2)S/C1=N/c1nc(-c2ccccc2)cs1. The van der Waals surface area contributed by atoms with Crippen molar-refractivity contribution in [3.05, 3.63) is 70.4 Å². The molecule has 7 heteroatoms. The molecule has 5 nitrogen and oxygen atoms in total. The molecule has 1 amide bonds. The summed E-state index contributed by atoms with van der Waals surface area (Å²) < 4.78 is 5.19. The molecule has 0 atom stereocenters. The number of benzene rings is 2. The van der Waals surface area contributed by atoms with Crippen molar-refractivity contribution in [1.29, 1.82) is 0 Å². The van der Waals surface area contributed by atoms with Crippen molar-refractivity contribution in [2.24, 2.45) is 4.99 Å². The molecule has 3 aromatic rings. The van der Waals surface area contributed by atoms with Gasteiger partial charge in [0, 0.05) is 17.5 Å². The van der Waals surface area contributed by atoms with Crippen LogP contribution in [0.3, 0.4) is 0 Å². The number of hydrogen-bond donors (Lipinski definition) is 0. The van der Waals surface area contributed by atoms with Gasteiger partial charge in [0.2, 0.25) is 5.13 Å². The van der Waals surface area contributed by atoms with E-state index in [2.05, 4.69) is 9.98 Å². The first kappa shape index (κ1) is 19.4. The van der Waals surface area contributed by atoms with Crippen molar-refractivity contribution >= 4 is 45.4 Å². The number of thiazole rings is 1. The van der Waals surface area contributed by atoms with Gasteiger partial charge in [-0.1, -0.05) is 42.5 Å². The first-order valence-electron chi connectivity index (χ1n) is 9.13. The fourth-order valence-electron chi connectivity index (χ4n) is 2.86. The molecule has 0 unspecified atom stereocenters. The molecule has 0 bridgehead atoms. The lowest BCUT2D eigenvalue weighted by molar-refractivity contribution is -0.122. The third-order valence-electron chi connectivity index (χ3n) is 4.37. The van der Waals surface area contributed by atoms with E-state index in [1.165, 1.54) is 23.1 Å². The predicted octanol–water partition coefficient (Wildman–Crippen LogP) is 5.44. The second-order valence-corrected chi connectivity index (χ2v) is 8.05. The van der Waals surface area contributed by atoms with E-state index < -0.39 is 0 Å². The van der Waals surface area contributed by atoms with Gasteiger partial charge < -0.3 is 4.74 Å². The zero-order chi connectivity index (χ0) is 20.2. The zero-order valence-electron chi connectivity index (χ0n) is 16.0. The summed E-state index contributed by atoms with van der Waals surface area (Å²) in [7, 11) is 1.63. The molecule has 2 aromatic carbocycles. The Morgan fingerprint density at radius 2 is 1.90 bits per heavy atom. The van der Waals surface area contributed by atoms with E-state index in [-0.39, 0.29) is 5.91 Å². The minimum absolute atomic E-state index is 0.0353. The number of ether oxygens (including phenoxy) is 1.